The summed E-state index contributed by atoms with van der Waals surface area (Å²) in [6.45, 7) is 4.02. The van der Waals surface area contributed by atoms with E-state index in [-0.39, 0.29) is 18.2 Å². The molecule has 0 bridgehead atoms. The van der Waals surface area contributed by atoms with E-state index in [1.165, 1.54) is 12.1 Å². The van der Waals surface area contributed by atoms with Gasteiger partial charge in [0.2, 0.25) is 0 Å². The first kappa shape index (κ1) is 12.4. The van der Waals surface area contributed by atoms with Gasteiger partial charge in [0.05, 0.1) is 17.6 Å². The number of aliphatic hydroxyl groups excluding tert-OH is 1. The molecule has 16 heavy (non-hydrogen) atoms. The van der Waals surface area contributed by atoms with Crippen LogP contribution in [0.5, 0.6) is 5.75 Å². The van der Waals surface area contributed by atoms with Crippen LogP contribution in [-0.2, 0) is 0 Å². The molecule has 1 N–H and O–H groups in total. The predicted octanol–water partition coefficient (Wildman–Crippen LogP) is 2.09. The summed E-state index contributed by atoms with van der Waals surface area (Å²) >= 11 is 0. The van der Waals surface area contributed by atoms with Crippen molar-refractivity contribution in [2.45, 2.75) is 19.8 Å². The minimum absolute atomic E-state index is 0.0127. The number of hydrogen-bond acceptors (Lipinski definition) is 4. The zero-order chi connectivity index (χ0) is 12.1. The van der Waals surface area contributed by atoms with E-state index in [1.807, 2.05) is 6.92 Å². The van der Waals surface area contributed by atoms with Crippen LogP contribution in [0.2, 0.25) is 0 Å². The molecular weight excluding hydrogens is 210 g/mol. The van der Waals surface area contributed by atoms with Gasteiger partial charge in [-0.25, -0.2) is 0 Å². The normalized spacial score (nSPS) is 12.2. The van der Waals surface area contributed by atoms with E-state index in [9.17, 15) is 10.1 Å². The largest absolute Gasteiger partial charge is 0.494 e. The van der Waals surface area contributed by atoms with Gasteiger partial charge >= 0.3 is 0 Å². The molecule has 1 atom stereocenters. The van der Waals surface area contributed by atoms with E-state index in [4.69, 9.17) is 9.84 Å². The highest BCUT2D eigenvalue weighted by atomic mass is 16.6. The van der Waals surface area contributed by atoms with E-state index in [0.717, 1.165) is 0 Å². The Morgan fingerprint density at radius 2 is 2.19 bits per heavy atom. The fourth-order valence-electron chi connectivity index (χ4n) is 1.35. The van der Waals surface area contributed by atoms with Crippen LogP contribution in [0.15, 0.2) is 18.2 Å². The third kappa shape index (κ3) is 2.93. The molecule has 0 fully saturated rings. The van der Waals surface area contributed by atoms with Gasteiger partial charge < -0.3 is 9.84 Å². The highest BCUT2D eigenvalue weighted by Crippen LogP contribution is 2.27. The highest BCUT2D eigenvalue weighted by Gasteiger charge is 2.13. The summed E-state index contributed by atoms with van der Waals surface area (Å²) in [6, 6.07) is 4.57. The highest BCUT2D eigenvalue weighted by molar-refractivity contribution is 5.44. The van der Waals surface area contributed by atoms with Gasteiger partial charge in [0, 0.05) is 18.6 Å². The number of nitro groups is 1. The van der Waals surface area contributed by atoms with E-state index < -0.39 is 4.92 Å². The standard InChI is InChI=1S/C11H15NO4/c1-3-16-11-5-9(8(2)7-13)4-10(6-11)12(14)15/h4-6,8,13H,3,7H2,1-2H3. The first-order chi connectivity index (χ1) is 7.58. The smallest absolute Gasteiger partial charge is 0.273 e. The van der Waals surface area contributed by atoms with Crippen LogP contribution in [-0.4, -0.2) is 23.2 Å². The molecule has 0 saturated heterocycles. The minimum atomic E-state index is -0.462. The molecule has 1 aromatic carbocycles. The lowest BCUT2D eigenvalue weighted by Crippen LogP contribution is -2.02. The molecule has 88 valence electrons. The Kier molecular flexibility index (Phi) is 4.25. The average Bonchev–Trinajstić information content (AvgIpc) is 2.28. The number of benzene rings is 1. The van der Waals surface area contributed by atoms with Crippen LogP contribution in [0.4, 0.5) is 5.69 Å². The quantitative estimate of drug-likeness (QED) is 0.615. The second kappa shape index (κ2) is 5.46. The minimum Gasteiger partial charge on any atom is -0.494 e. The van der Waals surface area contributed by atoms with Gasteiger partial charge in [-0.05, 0) is 18.6 Å². The number of hydrogen-bond donors (Lipinski definition) is 1. The Labute approximate surface area is 93.8 Å². The van der Waals surface area contributed by atoms with E-state index in [0.29, 0.717) is 17.9 Å². The average molecular weight is 225 g/mol. The molecule has 5 nitrogen and oxygen atoms in total. The maximum atomic E-state index is 10.7. The maximum Gasteiger partial charge on any atom is 0.273 e. The fraction of sp³-hybridized carbons (Fsp3) is 0.455. The molecule has 0 amide bonds. The number of aliphatic hydroxyl groups is 1. The topological polar surface area (TPSA) is 72.6 Å². The van der Waals surface area contributed by atoms with Gasteiger partial charge in [-0.2, -0.15) is 0 Å². The molecule has 0 saturated carbocycles. The lowest BCUT2D eigenvalue weighted by molar-refractivity contribution is -0.385. The molecule has 1 rings (SSSR count). The zero-order valence-electron chi connectivity index (χ0n) is 9.34. The van der Waals surface area contributed by atoms with Crippen LogP contribution in [0.25, 0.3) is 0 Å². The van der Waals surface area contributed by atoms with Crippen molar-refractivity contribution in [3.63, 3.8) is 0 Å². The molecule has 0 heterocycles. The van der Waals surface area contributed by atoms with Gasteiger partial charge in [-0.3, -0.25) is 10.1 Å². The first-order valence-corrected chi connectivity index (χ1v) is 5.11. The van der Waals surface area contributed by atoms with Gasteiger partial charge in [0.25, 0.3) is 5.69 Å². The van der Waals surface area contributed by atoms with Crippen LogP contribution in [0.3, 0.4) is 0 Å². The Hall–Kier alpha value is -1.62. The Balaban J connectivity index is 3.13. The number of nitrogens with zero attached hydrogens (tertiary/aromatic N) is 1. The third-order valence-electron chi connectivity index (χ3n) is 2.28. The summed E-state index contributed by atoms with van der Waals surface area (Å²) < 4.78 is 5.25. The van der Waals surface area contributed by atoms with E-state index in [2.05, 4.69) is 0 Å². The number of nitro benzene ring substituents is 1. The number of non-ortho nitro benzene ring substituents is 1. The molecule has 0 spiro atoms. The first-order valence-electron chi connectivity index (χ1n) is 5.11. The van der Waals surface area contributed by atoms with Crippen molar-refractivity contribution in [1.29, 1.82) is 0 Å². The molecular formula is C11H15NO4. The molecule has 0 aromatic heterocycles. The second-order valence-electron chi connectivity index (χ2n) is 3.53. The lowest BCUT2D eigenvalue weighted by Gasteiger charge is -2.10. The summed E-state index contributed by atoms with van der Waals surface area (Å²) in [5.41, 5.74) is 0.696. The summed E-state index contributed by atoms with van der Waals surface area (Å²) in [5.74, 6) is 0.325. The third-order valence-corrected chi connectivity index (χ3v) is 2.28. The number of ether oxygens (including phenoxy) is 1. The molecule has 0 aliphatic heterocycles. The van der Waals surface area contributed by atoms with E-state index >= 15 is 0 Å². The van der Waals surface area contributed by atoms with Crippen molar-refractivity contribution >= 4 is 5.69 Å². The Bertz CT molecular complexity index is 378. The molecule has 0 aliphatic carbocycles. The van der Waals surface area contributed by atoms with Crippen molar-refractivity contribution in [3.8, 4) is 5.75 Å². The van der Waals surface area contributed by atoms with Gasteiger partial charge in [-0.15, -0.1) is 0 Å². The zero-order valence-corrected chi connectivity index (χ0v) is 9.34. The molecule has 0 radical (unpaired) electrons. The van der Waals surface area contributed by atoms with Crippen LogP contribution in [0.1, 0.15) is 25.3 Å². The summed E-state index contributed by atoms with van der Waals surface area (Å²) in [4.78, 5) is 10.2. The van der Waals surface area contributed by atoms with Crippen LogP contribution < -0.4 is 4.74 Å². The van der Waals surface area contributed by atoms with Gasteiger partial charge in [0.15, 0.2) is 0 Å². The summed E-state index contributed by atoms with van der Waals surface area (Å²) in [7, 11) is 0. The maximum absolute atomic E-state index is 10.7. The molecule has 5 heteroatoms. The number of rotatable bonds is 5. The van der Waals surface area contributed by atoms with Crippen molar-refractivity contribution in [2.24, 2.45) is 0 Å². The van der Waals surface area contributed by atoms with E-state index in [1.54, 1.807) is 13.0 Å². The lowest BCUT2D eigenvalue weighted by atomic mass is 10.0. The van der Waals surface area contributed by atoms with Crippen molar-refractivity contribution in [2.75, 3.05) is 13.2 Å². The predicted molar refractivity (Wildman–Crippen MR) is 59.8 cm³/mol. The van der Waals surface area contributed by atoms with Crippen molar-refractivity contribution in [1.82, 2.24) is 0 Å². The Morgan fingerprint density at radius 1 is 1.50 bits per heavy atom. The summed E-state index contributed by atoms with van der Waals surface area (Å²) in [5, 5.41) is 19.7. The molecule has 1 aromatic rings. The van der Waals surface area contributed by atoms with Gasteiger partial charge in [0.1, 0.15) is 5.75 Å². The SMILES string of the molecule is CCOc1cc(C(C)CO)cc([N+](=O)[O-])c1. The summed E-state index contributed by atoms with van der Waals surface area (Å²) in [6.07, 6.45) is 0. The van der Waals surface area contributed by atoms with Crippen molar-refractivity contribution < 1.29 is 14.8 Å². The molecule has 0 aliphatic rings. The van der Waals surface area contributed by atoms with Gasteiger partial charge in [-0.1, -0.05) is 6.92 Å². The fourth-order valence-corrected chi connectivity index (χ4v) is 1.35. The van der Waals surface area contributed by atoms with Crippen LogP contribution in [0, 0.1) is 10.1 Å². The second-order valence-corrected chi connectivity index (χ2v) is 3.53. The Morgan fingerprint density at radius 3 is 2.69 bits per heavy atom. The van der Waals surface area contributed by atoms with Crippen LogP contribution >= 0.6 is 0 Å². The van der Waals surface area contributed by atoms with Crippen molar-refractivity contribution in [3.05, 3.63) is 33.9 Å². The monoisotopic (exact) mass is 225 g/mol. The molecule has 1 unspecified atom stereocenters.